The van der Waals surface area contributed by atoms with Crippen molar-refractivity contribution in [3.63, 3.8) is 0 Å². The number of ether oxygens (including phenoxy) is 2. The van der Waals surface area contributed by atoms with Gasteiger partial charge < -0.3 is 20.1 Å². The lowest BCUT2D eigenvalue weighted by molar-refractivity contribution is -0.210. The number of H-pyrrole nitrogens is 1. The van der Waals surface area contributed by atoms with Gasteiger partial charge in [0, 0.05) is 43.6 Å². The molecule has 0 bridgehead atoms. The molecule has 15 heteroatoms. The molecule has 1 amide bonds. The molecule has 0 unspecified atom stereocenters. The molecule has 3 atom stereocenters. The predicted molar refractivity (Wildman–Crippen MR) is 124 cm³/mol. The number of fused-ring (bicyclic) bond motifs is 1. The summed E-state index contributed by atoms with van der Waals surface area (Å²) in [6, 6.07) is 3.25. The van der Waals surface area contributed by atoms with Gasteiger partial charge in [0.15, 0.2) is 18.1 Å². The number of hydrogen-bond acceptors (Lipinski definition) is 8. The zero-order valence-electron chi connectivity index (χ0n) is 20.3. The Morgan fingerprint density at radius 3 is 2.87 bits per heavy atom. The number of halogens is 4. The second-order valence-electron chi connectivity index (χ2n) is 10.3. The molecule has 0 radical (unpaired) electrons. The molecule has 6 rings (SSSR count). The number of nitrogens with one attached hydrogen (secondary N) is 3. The molecule has 2 aliphatic heterocycles. The molecule has 3 aromatic heterocycles. The first-order valence-electron chi connectivity index (χ1n) is 12.3. The number of hydrogen-bond donors (Lipinski definition) is 3. The largest absolute Gasteiger partial charge is 0.441 e. The Morgan fingerprint density at radius 2 is 2.13 bits per heavy atom. The van der Waals surface area contributed by atoms with Crippen molar-refractivity contribution < 1.29 is 31.8 Å². The lowest BCUT2D eigenvalue weighted by Gasteiger charge is -2.39. The number of alkyl halides is 4. The summed E-state index contributed by atoms with van der Waals surface area (Å²) in [6.45, 7) is 2.00. The van der Waals surface area contributed by atoms with Crippen LogP contribution in [-0.2, 0) is 16.0 Å². The summed E-state index contributed by atoms with van der Waals surface area (Å²) in [6.07, 6.45) is -3.50. The molecule has 38 heavy (non-hydrogen) atoms. The summed E-state index contributed by atoms with van der Waals surface area (Å²) >= 11 is 0. The number of rotatable bonds is 7. The van der Waals surface area contributed by atoms with Crippen molar-refractivity contribution in [2.24, 2.45) is 5.92 Å². The van der Waals surface area contributed by atoms with E-state index in [0.717, 1.165) is 12.8 Å². The van der Waals surface area contributed by atoms with Gasteiger partial charge in [-0.25, -0.2) is 19.2 Å². The van der Waals surface area contributed by atoms with Crippen LogP contribution in [0.3, 0.4) is 0 Å². The number of imidazole rings is 1. The highest BCUT2D eigenvalue weighted by Gasteiger charge is 2.47. The van der Waals surface area contributed by atoms with E-state index in [4.69, 9.17) is 9.47 Å². The van der Waals surface area contributed by atoms with Crippen molar-refractivity contribution in [1.29, 1.82) is 0 Å². The molecular formula is C23H26F4N8O3. The fraction of sp³-hybridized carbons (Fsp3) is 0.565. The van der Waals surface area contributed by atoms with E-state index in [-0.39, 0.29) is 31.8 Å². The summed E-state index contributed by atoms with van der Waals surface area (Å²) in [5, 5.41) is 12.7. The molecule has 3 aliphatic rings. The fourth-order valence-electron chi connectivity index (χ4n) is 4.60. The Bertz CT molecular complexity index is 1330. The van der Waals surface area contributed by atoms with Crippen LogP contribution < -0.4 is 10.6 Å². The predicted octanol–water partition coefficient (Wildman–Crippen LogP) is 3.25. The second-order valence-corrected chi connectivity index (χ2v) is 10.3. The number of likely N-dealkylation sites (tertiary alicyclic amines) is 1. The number of alkyl carbamates (subject to hydrolysis) is 1. The number of aromatic nitrogens is 5. The van der Waals surface area contributed by atoms with Crippen molar-refractivity contribution >= 4 is 23.5 Å². The zero-order valence-corrected chi connectivity index (χ0v) is 20.3. The number of amides is 1. The van der Waals surface area contributed by atoms with Gasteiger partial charge in [0.2, 0.25) is 5.95 Å². The van der Waals surface area contributed by atoms with Crippen LogP contribution in [0.4, 0.5) is 34.1 Å². The van der Waals surface area contributed by atoms with E-state index < -0.39 is 36.6 Å². The first-order chi connectivity index (χ1) is 18.1. The maximum absolute atomic E-state index is 15.0. The lowest BCUT2D eigenvalue weighted by atomic mass is 10.00. The van der Waals surface area contributed by atoms with E-state index in [9.17, 15) is 18.0 Å². The van der Waals surface area contributed by atoms with Crippen LogP contribution >= 0.6 is 0 Å². The standard InChI is InChI=1S/C23H26F4N8O3/c1-22(3-4-22)31-21(36)38-15-11-37-19(18(15)24)14-6-16(33-32-14)30-20-28-5-2-17-29-13(10-35(17)20)9-34-7-12(8-34)23(25,26)27/h2,5-6,10,12,15,18-19H,3-4,7-9,11H2,1H3,(H,31,36)(H2,28,30,32,33)/t15-,18+,19-/m1/s1. The number of carbonyl (C=O) groups is 1. The van der Waals surface area contributed by atoms with Gasteiger partial charge in [0.05, 0.1) is 23.9 Å². The van der Waals surface area contributed by atoms with Gasteiger partial charge in [-0.05, 0) is 25.8 Å². The quantitative estimate of drug-likeness (QED) is 0.392. The SMILES string of the molecule is CC1(NC(=O)O[C@@H]2CO[C@H](c3cc(Nc4nccc5nc(CN6CC(C(F)(F)F)C6)cn45)n[nH]3)[C@H]2F)CC1. The number of carbonyl (C=O) groups excluding carboxylic acids is 1. The number of aromatic amines is 1. The van der Waals surface area contributed by atoms with Crippen molar-refractivity contribution in [1.82, 2.24) is 34.8 Å². The minimum atomic E-state index is -4.18. The van der Waals surface area contributed by atoms with E-state index in [1.165, 1.54) is 6.20 Å². The Morgan fingerprint density at radius 1 is 1.34 bits per heavy atom. The first kappa shape index (κ1) is 24.9. The third-order valence-electron chi connectivity index (χ3n) is 7.13. The Labute approximate surface area is 213 Å². The smallest absolute Gasteiger partial charge is 0.408 e. The van der Waals surface area contributed by atoms with Crippen LogP contribution in [0.5, 0.6) is 0 Å². The molecule has 0 spiro atoms. The van der Waals surface area contributed by atoms with E-state index in [1.54, 1.807) is 27.6 Å². The minimum absolute atomic E-state index is 0.0501. The third kappa shape index (κ3) is 4.99. The molecular weight excluding hydrogens is 512 g/mol. The summed E-state index contributed by atoms with van der Waals surface area (Å²) in [5.74, 6) is -0.595. The Hall–Kier alpha value is -3.46. The molecule has 3 fully saturated rings. The molecule has 3 aromatic rings. The highest BCUT2D eigenvalue weighted by atomic mass is 19.4. The molecule has 5 heterocycles. The fourth-order valence-corrected chi connectivity index (χ4v) is 4.60. The molecule has 0 aromatic carbocycles. The van der Waals surface area contributed by atoms with Gasteiger partial charge in [-0.1, -0.05) is 0 Å². The maximum atomic E-state index is 15.0. The third-order valence-corrected chi connectivity index (χ3v) is 7.13. The number of nitrogens with zero attached hydrogens (tertiary/aromatic N) is 5. The van der Waals surface area contributed by atoms with Gasteiger partial charge in [-0.15, -0.1) is 0 Å². The van der Waals surface area contributed by atoms with E-state index >= 15 is 4.39 Å². The summed E-state index contributed by atoms with van der Waals surface area (Å²) < 4.78 is 65.8. The van der Waals surface area contributed by atoms with Crippen molar-refractivity contribution in [3.05, 3.63) is 35.9 Å². The van der Waals surface area contributed by atoms with Gasteiger partial charge >= 0.3 is 12.3 Å². The first-order valence-corrected chi connectivity index (χ1v) is 12.3. The van der Waals surface area contributed by atoms with E-state index in [2.05, 4.69) is 30.8 Å². The summed E-state index contributed by atoms with van der Waals surface area (Å²) in [4.78, 5) is 22.5. The number of anilines is 2. The van der Waals surface area contributed by atoms with Crippen molar-refractivity contribution in [2.75, 3.05) is 25.0 Å². The van der Waals surface area contributed by atoms with Gasteiger partial charge in [-0.2, -0.15) is 18.3 Å². The van der Waals surface area contributed by atoms with Crippen LogP contribution in [0.1, 0.15) is 37.3 Å². The van der Waals surface area contributed by atoms with Crippen LogP contribution in [-0.4, -0.2) is 79.2 Å². The normalized spacial score (nSPS) is 25.3. The van der Waals surface area contributed by atoms with E-state index in [1.807, 2.05) is 6.92 Å². The Kier molecular flexibility index (Phi) is 5.94. The van der Waals surface area contributed by atoms with Crippen LogP contribution in [0.25, 0.3) is 5.65 Å². The molecule has 2 saturated heterocycles. The Balaban J connectivity index is 1.08. The average Bonchev–Trinajstić information content (AvgIpc) is 3.17. The van der Waals surface area contributed by atoms with Crippen LogP contribution in [0.15, 0.2) is 24.5 Å². The molecule has 204 valence electrons. The van der Waals surface area contributed by atoms with Crippen molar-refractivity contribution in [2.45, 2.75) is 56.4 Å². The van der Waals surface area contributed by atoms with Gasteiger partial charge in [0.1, 0.15) is 11.8 Å². The summed E-state index contributed by atoms with van der Waals surface area (Å²) in [7, 11) is 0. The molecule has 3 N–H and O–H groups in total. The van der Waals surface area contributed by atoms with E-state index in [0.29, 0.717) is 28.8 Å². The maximum Gasteiger partial charge on any atom is 0.408 e. The van der Waals surface area contributed by atoms with Gasteiger partial charge in [-0.3, -0.25) is 14.4 Å². The molecule has 1 aliphatic carbocycles. The minimum Gasteiger partial charge on any atom is -0.441 e. The lowest BCUT2D eigenvalue weighted by Crippen LogP contribution is -2.52. The molecule has 1 saturated carbocycles. The van der Waals surface area contributed by atoms with Crippen LogP contribution in [0.2, 0.25) is 0 Å². The zero-order chi connectivity index (χ0) is 26.7. The highest BCUT2D eigenvalue weighted by Crippen LogP contribution is 2.36. The van der Waals surface area contributed by atoms with Crippen LogP contribution in [0, 0.1) is 5.92 Å². The second kappa shape index (κ2) is 9.08. The topological polar surface area (TPSA) is 122 Å². The van der Waals surface area contributed by atoms with Crippen molar-refractivity contribution in [3.8, 4) is 0 Å². The molecule has 11 nitrogen and oxygen atoms in total. The highest BCUT2D eigenvalue weighted by molar-refractivity contribution is 5.69. The van der Waals surface area contributed by atoms with Gasteiger partial charge in [0.25, 0.3) is 0 Å². The monoisotopic (exact) mass is 538 g/mol. The average molecular weight is 539 g/mol. The summed E-state index contributed by atoms with van der Waals surface area (Å²) in [5.41, 5.74) is 1.25.